The van der Waals surface area contributed by atoms with Gasteiger partial charge in [-0.25, -0.2) is 4.98 Å². The number of hydrogen-bond donors (Lipinski definition) is 1. The summed E-state index contributed by atoms with van der Waals surface area (Å²) in [6, 6.07) is 10.2. The molecule has 3 nitrogen and oxygen atoms in total. The summed E-state index contributed by atoms with van der Waals surface area (Å²) in [6.45, 7) is 0. The third-order valence-electron chi connectivity index (χ3n) is 2.59. The van der Waals surface area contributed by atoms with E-state index in [2.05, 4.69) is 22.1 Å². The van der Waals surface area contributed by atoms with Gasteiger partial charge in [0.25, 0.3) is 0 Å². The van der Waals surface area contributed by atoms with Crippen LogP contribution in [0.15, 0.2) is 36.5 Å². The Balaban J connectivity index is 2.53. The molecule has 0 saturated heterocycles. The van der Waals surface area contributed by atoms with E-state index in [9.17, 15) is 0 Å². The quantitative estimate of drug-likeness (QED) is 0.652. The van der Waals surface area contributed by atoms with Crippen LogP contribution < -0.4 is 4.74 Å². The van der Waals surface area contributed by atoms with Gasteiger partial charge in [0.15, 0.2) is 0 Å². The SMILES string of the molecule is COc1nccc2c1[nH]c1ccccc12. The molecule has 0 amide bonds. The molecule has 3 heteroatoms. The zero-order chi connectivity index (χ0) is 10.3. The van der Waals surface area contributed by atoms with Crippen molar-refractivity contribution in [3.63, 3.8) is 0 Å². The minimum absolute atomic E-state index is 0.642. The lowest BCUT2D eigenvalue weighted by Gasteiger charge is -1.98. The number of rotatable bonds is 1. The van der Waals surface area contributed by atoms with E-state index in [0.29, 0.717) is 5.88 Å². The first-order chi connectivity index (χ1) is 7.40. The Labute approximate surface area is 86.7 Å². The van der Waals surface area contributed by atoms with E-state index >= 15 is 0 Å². The molecule has 2 heterocycles. The molecule has 0 radical (unpaired) electrons. The standard InChI is InChI=1S/C12H10N2O/c1-15-12-11-9(6-7-13-12)8-4-2-3-5-10(8)14-11/h2-7,14H,1H3. The van der Waals surface area contributed by atoms with Crippen LogP contribution in [0.5, 0.6) is 5.88 Å². The van der Waals surface area contributed by atoms with Gasteiger partial charge in [0.05, 0.1) is 7.11 Å². The highest BCUT2D eigenvalue weighted by Gasteiger charge is 2.07. The van der Waals surface area contributed by atoms with Crippen molar-refractivity contribution < 1.29 is 4.74 Å². The minimum atomic E-state index is 0.642. The number of pyridine rings is 1. The fourth-order valence-electron chi connectivity index (χ4n) is 1.90. The number of aromatic nitrogens is 2. The molecular weight excluding hydrogens is 188 g/mol. The number of methoxy groups -OCH3 is 1. The Kier molecular flexibility index (Phi) is 1.65. The van der Waals surface area contributed by atoms with Crippen LogP contribution in [0, 0.1) is 0 Å². The maximum Gasteiger partial charge on any atom is 0.238 e. The number of nitrogens with zero attached hydrogens (tertiary/aromatic N) is 1. The topological polar surface area (TPSA) is 37.9 Å². The molecule has 0 spiro atoms. The molecular formula is C12H10N2O. The molecule has 2 aromatic heterocycles. The third kappa shape index (κ3) is 1.09. The van der Waals surface area contributed by atoms with Gasteiger partial charge in [0.2, 0.25) is 5.88 Å². The molecule has 0 aliphatic carbocycles. The summed E-state index contributed by atoms with van der Waals surface area (Å²) in [7, 11) is 1.63. The summed E-state index contributed by atoms with van der Waals surface area (Å²) in [6.07, 6.45) is 1.77. The number of ether oxygens (including phenoxy) is 1. The average molecular weight is 198 g/mol. The molecule has 1 aromatic carbocycles. The van der Waals surface area contributed by atoms with Crippen molar-refractivity contribution in [2.24, 2.45) is 0 Å². The van der Waals surface area contributed by atoms with E-state index in [1.807, 2.05) is 18.2 Å². The molecule has 0 saturated carbocycles. The number of aromatic amines is 1. The van der Waals surface area contributed by atoms with Crippen molar-refractivity contribution in [1.29, 1.82) is 0 Å². The zero-order valence-corrected chi connectivity index (χ0v) is 8.32. The van der Waals surface area contributed by atoms with E-state index in [1.165, 1.54) is 5.39 Å². The number of nitrogens with one attached hydrogen (secondary N) is 1. The van der Waals surface area contributed by atoms with Crippen molar-refractivity contribution in [2.45, 2.75) is 0 Å². The summed E-state index contributed by atoms with van der Waals surface area (Å²) in [5, 5.41) is 2.35. The van der Waals surface area contributed by atoms with Crippen LogP contribution >= 0.6 is 0 Å². The smallest absolute Gasteiger partial charge is 0.238 e. The molecule has 0 unspecified atom stereocenters. The van der Waals surface area contributed by atoms with Crippen LogP contribution in [0.1, 0.15) is 0 Å². The lowest BCUT2D eigenvalue weighted by atomic mass is 10.2. The van der Waals surface area contributed by atoms with Gasteiger partial charge in [0.1, 0.15) is 5.52 Å². The molecule has 0 fully saturated rings. The Morgan fingerprint density at radius 2 is 2.00 bits per heavy atom. The first-order valence-corrected chi connectivity index (χ1v) is 4.79. The number of H-pyrrole nitrogens is 1. The van der Waals surface area contributed by atoms with Gasteiger partial charge in [-0.1, -0.05) is 18.2 Å². The molecule has 3 rings (SSSR count). The average Bonchev–Trinajstić information content (AvgIpc) is 2.67. The van der Waals surface area contributed by atoms with Crippen LogP contribution in [-0.4, -0.2) is 17.1 Å². The predicted molar refractivity (Wildman–Crippen MR) is 60.2 cm³/mol. The molecule has 0 atom stereocenters. The van der Waals surface area contributed by atoms with Gasteiger partial charge in [0, 0.05) is 22.5 Å². The monoisotopic (exact) mass is 198 g/mol. The highest BCUT2D eigenvalue weighted by molar-refractivity contribution is 6.08. The van der Waals surface area contributed by atoms with Gasteiger partial charge >= 0.3 is 0 Å². The van der Waals surface area contributed by atoms with E-state index < -0.39 is 0 Å². The largest absolute Gasteiger partial charge is 0.479 e. The van der Waals surface area contributed by atoms with Gasteiger partial charge in [-0.3, -0.25) is 0 Å². The molecule has 0 bridgehead atoms. The van der Waals surface area contributed by atoms with Gasteiger partial charge in [-0.15, -0.1) is 0 Å². The maximum atomic E-state index is 5.21. The highest BCUT2D eigenvalue weighted by atomic mass is 16.5. The lowest BCUT2D eigenvalue weighted by Crippen LogP contribution is -1.87. The predicted octanol–water partition coefficient (Wildman–Crippen LogP) is 2.72. The van der Waals surface area contributed by atoms with E-state index in [4.69, 9.17) is 4.74 Å². The second-order valence-corrected chi connectivity index (χ2v) is 3.41. The molecule has 15 heavy (non-hydrogen) atoms. The number of fused-ring (bicyclic) bond motifs is 3. The van der Waals surface area contributed by atoms with Gasteiger partial charge in [-0.2, -0.15) is 0 Å². The highest BCUT2D eigenvalue weighted by Crippen LogP contribution is 2.29. The Bertz CT molecular complexity index is 628. The van der Waals surface area contributed by atoms with Crippen LogP contribution in [0.4, 0.5) is 0 Å². The van der Waals surface area contributed by atoms with Crippen LogP contribution in [0.25, 0.3) is 21.8 Å². The first-order valence-electron chi connectivity index (χ1n) is 4.79. The lowest BCUT2D eigenvalue weighted by molar-refractivity contribution is 0.402. The van der Waals surface area contributed by atoms with Gasteiger partial charge < -0.3 is 9.72 Å². The zero-order valence-electron chi connectivity index (χ0n) is 8.32. The fraction of sp³-hybridized carbons (Fsp3) is 0.0833. The van der Waals surface area contributed by atoms with Crippen molar-refractivity contribution in [1.82, 2.24) is 9.97 Å². The summed E-state index contributed by atoms with van der Waals surface area (Å²) < 4.78 is 5.21. The van der Waals surface area contributed by atoms with Crippen molar-refractivity contribution >= 4 is 21.8 Å². The first kappa shape index (κ1) is 8.29. The third-order valence-corrected chi connectivity index (χ3v) is 2.59. The molecule has 3 aromatic rings. The second kappa shape index (κ2) is 2.98. The molecule has 0 aliphatic heterocycles. The van der Waals surface area contributed by atoms with Crippen LogP contribution in [-0.2, 0) is 0 Å². The minimum Gasteiger partial charge on any atom is -0.479 e. The van der Waals surface area contributed by atoms with Crippen molar-refractivity contribution in [2.75, 3.05) is 7.11 Å². The van der Waals surface area contributed by atoms with Crippen molar-refractivity contribution in [3.05, 3.63) is 36.5 Å². The summed E-state index contributed by atoms with van der Waals surface area (Å²) in [5.74, 6) is 0.642. The van der Waals surface area contributed by atoms with Crippen LogP contribution in [0.3, 0.4) is 0 Å². The Morgan fingerprint density at radius 3 is 2.87 bits per heavy atom. The van der Waals surface area contributed by atoms with E-state index in [-0.39, 0.29) is 0 Å². The molecule has 1 N–H and O–H groups in total. The normalized spacial score (nSPS) is 11.0. The Hall–Kier alpha value is -2.03. The second-order valence-electron chi connectivity index (χ2n) is 3.41. The number of hydrogen-bond acceptors (Lipinski definition) is 2. The van der Waals surface area contributed by atoms with Gasteiger partial charge in [-0.05, 0) is 12.1 Å². The van der Waals surface area contributed by atoms with Crippen LogP contribution in [0.2, 0.25) is 0 Å². The number of benzene rings is 1. The fourth-order valence-corrected chi connectivity index (χ4v) is 1.90. The summed E-state index contributed by atoms with van der Waals surface area (Å²) >= 11 is 0. The molecule has 74 valence electrons. The maximum absolute atomic E-state index is 5.21. The molecule has 0 aliphatic rings. The van der Waals surface area contributed by atoms with E-state index in [0.717, 1.165) is 16.4 Å². The van der Waals surface area contributed by atoms with E-state index in [1.54, 1.807) is 13.3 Å². The van der Waals surface area contributed by atoms with Crippen molar-refractivity contribution in [3.8, 4) is 5.88 Å². The summed E-state index contributed by atoms with van der Waals surface area (Å²) in [4.78, 5) is 7.48. The summed E-state index contributed by atoms with van der Waals surface area (Å²) in [5.41, 5.74) is 2.07. The Morgan fingerprint density at radius 1 is 1.13 bits per heavy atom. The number of para-hydroxylation sites is 1.